The molecule has 4 heteroatoms. The minimum absolute atomic E-state index is 0. The minimum Gasteiger partial charge on any atom is -0.341 e. The first kappa shape index (κ1) is 14.1. The number of carbonyl (C=O) groups excluding carboxylic acids is 1. The molecule has 18 heavy (non-hydrogen) atoms. The van der Waals surface area contributed by atoms with E-state index in [4.69, 9.17) is 0 Å². The predicted octanol–water partition coefficient (Wildman–Crippen LogP) is 2.34. The molecule has 1 N–H and O–H groups in total. The third kappa shape index (κ3) is 3.18. The fourth-order valence-corrected chi connectivity index (χ4v) is 3.76. The Bertz CT molecular complexity index is 292. The van der Waals surface area contributed by atoms with Crippen LogP contribution < -0.4 is 5.32 Å². The normalized spacial score (nSPS) is 32.1. The van der Waals surface area contributed by atoms with Crippen LogP contribution in [0.4, 0.5) is 0 Å². The highest BCUT2D eigenvalue weighted by Gasteiger charge is 2.31. The van der Waals surface area contributed by atoms with Crippen LogP contribution >= 0.6 is 12.4 Å². The topological polar surface area (TPSA) is 32.3 Å². The van der Waals surface area contributed by atoms with Crippen molar-refractivity contribution in [3.05, 3.63) is 0 Å². The van der Waals surface area contributed by atoms with Crippen LogP contribution in [0.15, 0.2) is 0 Å². The molecule has 0 aromatic carbocycles. The summed E-state index contributed by atoms with van der Waals surface area (Å²) in [6.45, 7) is 1.95. The molecule has 2 bridgehead atoms. The Labute approximate surface area is 116 Å². The first-order valence-corrected chi connectivity index (χ1v) is 7.35. The van der Waals surface area contributed by atoms with Gasteiger partial charge in [0.15, 0.2) is 0 Å². The first-order valence-electron chi connectivity index (χ1n) is 7.35. The quantitative estimate of drug-likeness (QED) is 0.837. The molecular formula is C14H25ClN2O. The van der Waals surface area contributed by atoms with E-state index in [0.717, 1.165) is 25.9 Å². The number of hydrogen-bond acceptors (Lipinski definition) is 2. The number of nitrogens with one attached hydrogen (secondary N) is 1. The van der Waals surface area contributed by atoms with Gasteiger partial charge in [-0.25, -0.2) is 0 Å². The van der Waals surface area contributed by atoms with Gasteiger partial charge in [0.1, 0.15) is 0 Å². The lowest BCUT2D eigenvalue weighted by molar-refractivity contribution is -0.132. The highest BCUT2D eigenvalue weighted by molar-refractivity contribution is 5.85. The average molecular weight is 273 g/mol. The molecule has 1 saturated carbocycles. The van der Waals surface area contributed by atoms with Crippen LogP contribution in [0, 0.1) is 5.92 Å². The minimum atomic E-state index is 0. The summed E-state index contributed by atoms with van der Waals surface area (Å²) in [5, 5.41) is 3.64. The predicted molar refractivity (Wildman–Crippen MR) is 75.0 cm³/mol. The van der Waals surface area contributed by atoms with Gasteiger partial charge in [0.25, 0.3) is 0 Å². The van der Waals surface area contributed by atoms with E-state index in [-0.39, 0.29) is 12.4 Å². The second-order valence-corrected chi connectivity index (χ2v) is 6.12. The van der Waals surface area contributed by atoms with E-state index in [1.54, 1.807) is 0 Å². The van der Waals surface area contributed by atoms with E-state index in [0.29, 0.717) is 23.9 Å². The lowest BCUT2D eigenvalue weighted by atomic mass is 10.0. The van der Waals surface area contributed by atoms with Gasteiger partial charge in [0, 0.05) is 31.6 Å². The van der Waals surface area contributed by atoms with E-state index in [2.05, 4.69) is 10.2 Å². The SMILES string of the molecule is Cl.O=C(CC1CCCC1)N1CCC2CCC(C1)N2. The Morgan fingerprint density at radius 3 is 2.56 bits per heavy atom. The Kier molecular flexibility index (Phi) is 4.91. The van der Waals surface area contributed by atoms with Crippen molar-refractivity contribution in [1.82, 2.24) is 10.2 Å². The number of amides is 1. The van der Waals surface area contributed by atoms with Gasteiger partial charge in [-0.1, -0.05) is 12.8 Å². The second kappa shape index (κ2) is 6.25. The lowest BCUT2D eigenvalue weighted by Gasteiger charge is -2.25. The molecule has 1 amide bonds. The van der Waals surface area contributed by atoms with Crippen LogP contribution in [0.3, 0.4) is 0 Å². The molecule has 2 saturated heterocycles. The molecule has 3 rings (SSSR count). The van der Waals surface area contributed by atoms with Crippen LogP contribution in [0.2, 0.25) is 0 Å². The molecular weight excluding hydrogens is 248 g/mol. The fourth-order valence-electron chi connectivity index (χ4n) is 3.76. The second-order valence-electron chi connectivity index (χ2n) is 6.12. The Balaban J connectivity index is 0.00000120. The maximum atomic E-state index is 12.3. The number of halogens is 1. The van der Waals surface area contributed by atoms with Gasteiger partial charge in [-0.15, -0.1) is 12.4 Å². The van der Waals surface area contributed by atoms with E-state index in [1.807, 2.05) is 0 Å². The zero-order chi connectivity index (χ0) is 11.7. The number of likely N-dealkylation sites (tertiary alicyclic amines) is 1. The number of carbonyl (C=O) groups is 1. The largest absolute Gasteiger partial charge is 0.341 e. The summed E-state index contributed by atoms with van der Waals surface area (Å²) in [5.74, 6) is 1.11. The fraction of sp³-hybridized carbons (Fsp3) is 0.929. The summed E-state index contributed by atoms with van der Waals surface area (Å²) in [6, 6.07) is 1.26. The van der Waals surface area contributed by atoms with Crippen molar-refractivity contribution in [2.75, 3.05) is 13.1 Å². The smallest absolute Gasteiger partial charge is 0.222 e. The van der Waals surface area contributed by atoms with Gasteiger partial charge in [-0.2, -0.15) is 0 Å². The van der Waals surface area contributed by atoms with Crippen LogP contribution in [-0.4, -0.2) is 36.0 Å². The van der Waals surface area contributed by atoms with Gasteiger partial charge >= 0.3 is 0 Å². The van der Waals surface area contributed by atoms with Crippen LogP contribution in [0.5, 0.6) is 0 Å². The summed E-state index contributed by atoms with van der Waals surface area (Å²) < 4.78 is 0. The van der Waals surface area contributed by atoms with Gasteiger partial charge in [-0.05, 0) is 38.0 Å². The molecule has 3 aliphatic rings. The average Bonchev–Trinajstić information content (AvgIpc) is 2.88. The molecule has 2 unspecified atom stereocenters. The molecule has 0 aromatic heterocycles. The van der Waals surface area contributed by atoms with Crippen LogP contribution in [-0.2, 0) is 4.79 Å². The van der Waals surface area contributed by atoms with Crippen molar-refractivity contribution in [3.8, 4) is 0 Å². The molecule has 0 aromatic rings. The standard InChI is InChI=1S/C14H24N2O.ClH/c17-14(9-11-3-1-2-4-11)16-8-7-12-5-6-13(10-16)15-12;/h11-13,15H,1-10H2;1H. The molecule has 1 aliphatic carbocycles. The maximum Gasteiger partial charge on any atom is 0.222 e. The molecule has 104 valence electrons. The molecule has 2 heterocycles. The van der Waals surface area contributed by atoms with Gasteiger partial charge < -0.3 is 10.2 Å². The van der Waals surface area contributed by atoms with Crippen LogP contribution in [0.1, 0.15) is 51.4 Å². The Hall–Kier alpha value is -0.280. The van der Waals surface area contributed by atoms with Crippen molar-refractivity contribution in [2.45, 2.75) is 63.5 Å². The van der Waals surface area contributed by atoms with Crippen molar-refractivity contribution in [2.24, 2.45) is 5.92 Å². The zero-order valence-corrected chi connectivity index (χ0v) is 11.9. The molecule has 0 spiro atoms. The van der Waals surface area contributed by atoms with E-state index in [1.165, 1.54) is 38.5 Å². The van der Waals surface area contributed by atoms with E-state index >= 15 is 0 Å². The maximum absolute atomic E-state index is 12.3. The lowest BCUT2D eigenvalue weighted by Crippen LogP contribution is -2.39. The summed E-state index contributed by atoms with van der Waals surface area (Å²) in [6.07, 6.45) is 9.79. The Morgan fingerprint density at radius 2 is 1.78 bits per heavy atom. The highest BCUT2D eigenvalue weighted by atomic mass is 35.5. The van der Waals surface area contributed by atoms with Gasteiger partial charge in [0.05, 0.1) is 0 Å². The summed E-state index contributed by atoms with van der Waals surface area (Å²) in [5.41, 5.74) is 0. The zero-order valence-electron chi connectivity index (χ0n) is 11.1. The number of fused-ring (bicyclic) bond motifs is 2. The van der Waals surface area contributed by atoms with Crippen LogP contribution in [0.25, 0.3) is 0 Å². The molecule has 0 radical (unpaired) electrons. The monoisotopic (exact) mass is 272 g/mol. The van der Waals surface area contributed by atoms with Crippen molar-refractivity contribution < 1.29 is 4.79 Å². The third-order valence-electron chi connectivity index (χ3n) is 4.81. The van der Waals surface area contributed by atoms with E-state index in [9.17, 15) is 4.79 Å². The summed E-state index contributed by atoms with van der Waals surface area (Å²) in [7, 11) is 0. The third-order valence-corrected chi connectivity index (χ3v) is 4.81. The number of rotatable bonds is 2. The Morgan fingerprint density at radius 1 is 1.06 bits per heavy atom. The van der Waals surface area contributed by atoms with E-state index < -0.39 is 0 Å². The van der Waals surface area contributed by atoms with Gasteiger partial charge in [-0.3, -0.25) is 4.79 Å². The molecule has 3 nitrogen and oxygen atoms in total. The number of nitrogens with zero attached hydrogens (tertiary/aromatic N) is 1. The highest BCUT2D eigenvalue weighted by Crippen LogP contribution is 2.29. The van der Waals surface area contributed by atoms with Gasteiger partial charge in [0.2, 0.25) is 5.91 Å². The summed E-state index contributed by atoms with van der Waals surface area (Å²) in [4.78, 5) is 14.4. The first-order chi connectivity index (χ1) is 8.31. The molecule has 2 atom stereocenters. The van der Waals surface area contributed by atoms with Crippen molar-refractivity contribution >= 4 is 18.3 Å². The number of hydrogen-bond donors (Lipinski definition) is 1. The molecule has 3 fully saturated rings. The molecule has 2 aliphatic heterocycles. The van der Waals surface area contributed by atoms with Crippen molar-refractivity contribution in [1.29, 1.82) is 0 Å². The van der Waals surface area contributed by atoms with Crippen molar-refractivity contribution in [3.63, 3.8) is 0 Å². The summed E-state index contributed by atoms with van der Waals surface area (Å²) >= 11 is 0.